The van der Waals surface area contributed by atoms with Crippen LogP contribution in [0.15, 0.2) is 28.8 Å². The number of ether oxygens (including phenoxy) is 1. The number of ketones is 1. The molecule has 0 aliphatic carbocycles. The van der Waals surface area contributed by atoms with E-state index in [-0.39, 0.29) is 6.42 Å². The summed E-state index contributed by atoms with van der Waals surface area (Å²) < 4.78 is 44.8. The summed E-state index contributed by atoms with van der Waals surface area (Å²) in [5.74, 6) is -1.22. The van der Waals surface area contributed by atoms with Crippen molar-refractivity contribution in [2.75, 3.05) is 11.9 Å². The van der Waals surface area contributed by atoms with Gasteiger partial charge in [-0.25, -0.2) is 4.79 Å². The first-order chi connectivity index (χ1) is 11.6. The Morgan fingerprint density at radius 3 is 2.72 bits per heavy atom. The Hall–Kier alpha value is -2.24. The number of alkyl halides is 3. The van der Waals surface area contributed by atoms with E-state index in [0.717, 1.165) is 23.8 Å². The van der Waals surface area contributed by atoms with Crippen molar-refractivity contribution in [2.45, 2.75) is 38.0 Å². The van der Waals surface area contributed by atoms with Crippen LogP contribution in [0.2, 0.25) is 0 Å². The first-order valence-electron chi connectivity index (χ1n) is 7.22. The van der Waals surface area contributed by atoms with Gasteiger partial charge in [0.2, 0.25) is 0 Å². The van der Waals surface area contributed by atoms with Gasteiger partial charge in [-0.3, -0.25) is 9.36 Å². The Kier molecular flexibility index (Phi) is 5.60. The molecular formula is C14H16F3N3O5. The number of aliphatic hydroxyl groups is 2. The maximum Gasteiger partial charge on any atom is 0.431 e. The Balaban J connectivity index is 2.22. The molecule has 1 aromatic rings. The van der Waals surface area contributed by atoms with Crippen molar-refractivity contribution in [1.82, 2.24) is 9.55 Å². The highest BCUT2D eigenvalue weighted by atomic mass is 19.4. The number of allylic oxidation sites excluding steroid dienone is 2. The van der Waals surface area contributed by atoms with E-state index in [1.165, 1.54) is 0 Å². The largest absolute Gasteiger partial charge is 0.431 e. The molecule has 11 heteroatoms. The summed E-state index contributed by atoms with van der Waals surface area (Å²) in [4.78, 5) is 26.4. The van der Waals surface area contributed by atoms with Crippen LogP contribution in [0.3, 0.4) is 0 Å². The summed E-state index contributed by atoms with van der Waals surface area (Å²) in [6, 6.07) is 1.10. The zero-order chi connectivity index (χ0) is 18.8. The molecule has 1 fully saturated rings. The first-order valence-corrected chi connectivity index (χ1v) is 7.22. The van der Waals surface area contributed by atoms with Crippen LogP contribution >= 0.6 is 0 Å². The zero-order valence-electron chi connectivity index (χ0n) is 13.0. The molecule has 2 rings (SSSR count). The van der Waals surface area contributed by atoms with Gasteiger partial charge in [0.15, 0.2) is 5.78 Å². The molecule has 1 aliphatic heterocycles. The van der Waals surface area contributed by atoms with Gasteiger partial charge in [0.1, 0.15) is 23.8 Å². The van der Waals surface area contributed by atoms with E-state index >= 15 is 0 Å². The highest BCUT2D eigenvalue weighted by Crippen LogP contribution is 2.28. The van der Waals surface area contributed by atoms with Crippen LogP contribution in [0.5, 0.6) is 0 Å². The number of carbonyl (C=O) groups excluding carboxylic acids is 1. The topological polar surface area (TPSA) is 114 Å². The van der Waals surface area contributed by atoms with Crippen molar-refractivity contribution in [3.8, 4) is 0 Å². The number of nitrogens with one attached hydrogen (secondary N) is 1. The summed E-state index contributed by atoms with van der Waals surface area (Å²) in [6.45, 7) is 0.517. The zero-order valence-corrected chi connectivity index (χ0v) is 13.0. The average molecular weight is 363 g/mol. The van der Waals surface area contributed by atoms with Crippen LogP contribution in [0.4, 0.5) is 19.0 Å². The van der Waals surface area contributed by atoms with Crippen LogP contribution in [0.25, 0.3) is 0 Å². The third-order valence-electron chi connectivity index (χ3n) is 3.44. The molecule has 0 saturated carbocycles. The van der Waals surface area contributed by atoms with Crippen molar-refractivity contribution < 1.29 is 32.9 Å². The summed E-state index contributed by atoms with van der Waals surface area (Å²) in [6.07, 6.45) is -6.02. The smallest absolute Gasteiger partial charge is 0.394 e. The second-order valence-corrected chi connectivity index (χ2v) is 5.41. The number of hydrogen-bond donors (Lipinski definition) is 3. The van der Waals surface area contributed by atoms with E-state index < -0.39 is 54.2 Å². The van der Waals surface area contributed by atoms with E-state index in [0.29, 0.717) is 6.08 Å². The SMILES string of the molecule is CC(=O)/C=C(/Nc1ccn(C2CC(O)C(CO)O2)c(=O)n1)C(F)(F)F. The van der Waals surface area contributed by atoms with Gasteiger partial charge in [-0.15, -0.1) is 0 Å². The molecule has 3 N–H and O–H groups in total. The molecule has 1 aromatic heterocycles. The molecule has 0 bridgehead atoms. The average Bonchev–Trinajstić information content (AvgIpc) is 2.86. The Morgan fingerprint density at radius 1 is 1.56 bits per heavy atom. The minimum Gasteiger partial charge on any atom is -0.394 e. The molecular weight excluding hydrogens is 347 g/mol. The number of carbonyl (C=O) groups is 1. The van der Waals surface area contributed by atoms with Gasteiger partial charge in [0.25, 0.3) is 0 Å². The molecule has 0 radical (unpaired) electrons. The van der Waals surface area contributed by atoms with Gasteiger partial charge in [0, 0.05) is 18.7 Å². The third kappa shape index (κ3) is 4.65. The molecule has 3 atom stereocenters. The molecule has 138 valence electrons. The predicted molar refractivity (Wildman–Crippen MR) is 78.6 cm³/mol. The second-order valence-electron chi connectivity index (χ2n) is 5.41. The fourth-order valence-electron chi connectivity index (χ4n) is 2.28. The molecule has 25 heavy (non-hydrogen) atoms. The highest BCUT2D eigenvalue weighted by Gasteiger charge is 2.36. The minimum atomic E-state index is -4.82. The van der Waals surface area contributed by atoms with E-state index in [2.05, 4.69) is 4.98 Å². The monoisotopic (exact) mass is 363 g/mol. The molecule has 1 saturated heterocycles. The first kappa shape index (κ1) is 19.1. The predicted octanol–water partition coefficient (Wildman–Crippen LogP) is 0.331. The van der Waals surface area contributed by atoms with Gasteiger partial charge in [-0.1, -0.05) is 0 Å². The van der Waals surface area contributed by atoms with E-state index in [9.17, 15) is 27.9 Å². The number of hydrogen-bond acceptors (Lipinski definition) is 7. The van der Waals surface area contributed by atoms with Crippen molar-refractivity contribution in [2.24, 2.45) is 0 Å². The lowest BCUT2D eigenvalue weighted by Crippen LogP contribution is -2.29. The Labute approximate surface area is 139 Å². The van der Waals surface area contributed by atoms with Gasteiger partial charge >= 0.3 is 11.9 Å². The van der Waals surface area contributed by atoms with Crippen LogP contribution in [0, 0.1) is 0 Å². The Bertz CT molecular complexity index is 731. The number of aliphatic hydroxyl groups excluding tert-OH is 2. The molecule has 1 aliphatic rings. The summed E-state index contributed by atoms with van der Waals surface area (Å²) >= 11 is 0. The maximum absolute atomic E-state index is 12.9. The van der Waals surface area contributed by atoms with E-state index in [1.54, 1.807) is 0 Å². The van der Waals surface area contributed by atoms with E-state index in [1.807, 2.05) is 5.32 Å². The number of halogens is 3. The molecule has 3 unspecified atom stereocenters. The van der Waals surface area contributed by atoms with Gasteiger partial charge in [-0.05, 0) is 13.0 Å². The number of anilines is 1. The lowest BCUT2D eigenvalue weighted by Gasteiger charge is -2.16. The summed E-state index contributed by atoms with van der Waals surface area (Å²) in [5.41, 5.74) is -2.26. The minimum absolute atomic E-state index is 0.0254. The quantitative estimate of drug-likeness (QED) is 0.646. The molecule has 0 spiro atoms. The summed E-state index contributed by atoms with van der Waals surface area (Å²) in [7, 11) is 0. The van der Waals surface area contributed by atoms with Crippen molar-refractivity contribution in [3.63, 3.8) is 0 Å². The molecule has 2 heterocycles. The van der Waals surface area contributed by atoms with Gasteiger partial charge < -0.3 is 20.3 Å². The lowest BCUT2D eigenvalue weighted by atomic mass is 10.2. The number of rotatable bonds is 5. The van der Waals surface area contributed by atoms with Crippen LogP contribution in [-0.2, 0) is 9.53 Å². The van der Waals surface area contributed by atoms with Crippen LogP contribution in [0.1, 0.15) is 19.6 Å². The third-order valence-corrected chi connectivity index (χ3v) is 3.44. The van der Waals surface area contributed by atoms with Crippen LogP contribution < -0.4 is 11.0 Å². The number of nitrogens with zero attached hydrogens (tertiary/aromatic N) is 2. The van der Waals surface area contributed by atoms with E-state index in [4.69, 9.17) is 9.84 Å². The van der Waals surface area contributed by atoms with Crippen molar-refractivity contribution >= 4 is 11.6 Å². The van der Waals surface area contributed by atoms with Gasteiger partial charge in [-0.2, -0.15) is 18.2 Å². The van der Waals surface area contributed by atoms with Crippen molar-refractivity contribution in [3.05, 3.63) is 34.5 Å². The maximum atomic E-state index is 12.9. The summed E-state index contributed by atoms with van der Waals surface area (Å²) in [5, 5.41) is 20.6. The van der Waals surface area contributed by atoms with Gasteiger partial charge in [0.05, 0.1) is 12.7 Å². The van der Waals surface area contributed by atoms with Crippen molar-refractivity contribution in [1.29, 1.82) is 0 Å². The second kappa shape index (κ2) is 7.33. The molecule has 0 amide bonds. The highest BCUT2D eigenvalue weighted by molar-refractivity contribution is 5.88. The fourth-order valence-corrected chi connectivity index (χ4v) is 2.28. The molecule has 0 aromatic carbocycles. The fraction of sp³-hybridized carbons (Fsp3) is 0.500. The molecule has 8 nitrogen and oxygen atoms in total. The standard InChI is InChI=1S/C14H16F3N3O5/c1-7(22)4-10(14(15,16)17)18-11-2-3-20(13(24)19-11)12-5-8(23)9(6-21)25-12/h2-4,8-9,12,21,23H,5-6H2,1H3,(H,18,19,24)/b10-4+. The Morgan fingerprint density at radius 2 is 2.24 bits per heavy atom. The number of aromatic nitrogens is 2. The lowest BCUT2D eigenvalue weighted by molar-refractivity contribution is -0.114. The van der Waals surface area contributed by atoms with Crippen LogP contribution in [-0.4, -0.2) is 50.5 Å². The normalized spacial score (nSPS) is 24.4.